The van der Waals surface area contributed by atoms with Gasteiger partial charge in [-0.05, 0) is 31.0 Å². The fraction of sp³-hybridized carbons (Fsp3) is 0.632. The highest BCUT2D eigenvalue weighted by Crippen LogP contribution is 2.21. The summed E-state index contributed by atoms with van der Waals surface area (Å²) in [7, 11) is 0. The van der Waals surface area contributed by atoms with Crippen LogP contribution in [0, 0.1) is 0 Å². The number of carbonyl (C=O) groups is 1. The molecule has 1 aromatic carbocycles. The standard InChI is InChI=1S/C19H28N2O3/c1-3-16-5-4-6-17(12-16)24-18-13-21(14-18)19(22)11-15(2)20-7-9-23-10-8-20/h4-6,12,15,18H,3,7-11,13-14H2,1-2H3/t15-/m0/s1. The van der Waals surface area contributed by atoms with Crippen LogP contribution in [0.25, 0.3) is 0 Å². The number of likely N-dealkylation sites (tertiary alicyclic amines) is 1. The molecule has 0 N–H and O–H groups in total. The molecule has 0 radical (unpaired) electrons. The lowest BCUT2D eigenvalue weighted by Gasteiger charge is -2.40. The van der Waals surface area contributed by atoms with Crippen molar-refractivity contribution in [2.24, 2.45) is 0 Å². The van der Waals surface area contributed by atoms with Gasteiger partial charge in [0, 0.05) is 25.6 Å². The average Bonchev–Trinajstić information content (AvgIpc) is 2.58. The van der Waals surface area contributed by atoms with E-state index in [0.717, 1.165) is 38.5 Å². The molecule has 2 saturated heterocycles. The first kappa shape index (κ1) is 17.2. The Labute approximate surface area is 144 Å². The lowest BCUT2D eigenvalue weighted by molar-refractivity contribution is -0.141. The molecule has 0 spiro atoms. The number of ether oxygens (including phenoxy) is 2. The summed E-state index contributed by atoms with van der Waals surface area (Å²) < 4.78 is 11.3. The molecule has 0 unspecified atom stereocenters. The number of nitrogens with zero attached hydrogens (tertiary/aromatic N) is 2. The third-order valence-corrected chi connectivity index (χ3v) is 4.95. The highest BCUT2D eigenvalue weighted by Gasteiger charge is 2.33. The number of aryl methyl sites for hydroxylation is 1. The van der Waals surface area contributed by atoms with E-state index in [1.807, 2.05) is 17.0 Å². The Morgan fingerprint density at radius 2 is 2.08 bits per heavy atom. The highest BCUT2D eigenvalue weighted by atomic mass is 16.5. The lowest BCUT2D eigenvalue weighted by Crippen LogP contribution is -2.57. The van der Waals surface area contributed by atoms with Crippen LogP contribution < -0.4 is 4.74 Å². The SMILES string of the molecule is CCc1cccc(OC2CN(C(=O)C[C@H](C)N3CCOCC3)C2)c1. The molecule has 24 heavy (non-hydrogen) atoms. The van der Waals surface area contributed by atoms with Gasteiger partial charge in [0.2, 0.25) is 5.91 Å². The number of hydrogen-bond donors (Lipinski definition) is 0. The predicted octanol–water partition coefficient (Wildman–Crippen LogP) is 1.95. The number of carbonyl (C=O) groups excluding carboxylic acids is 1. The maximum atomic E-state index is 12.4. The maximum Gasteiger partial charge on any atom is 0.224 e. The summed E-state index contributed by atoms with van der Waals surface area (Å²) in [5, 5.41) is 0. The van der Waals surface area contributed by atoms with Gasteiger partial charge in [-0.15, -0.1) is 0 Å². The second-order valence-electron chi connectivity index (χ2n) is 6.74. The van der Waals surface area contributed by atoms with Gasteiger partial charge in [0.25, 0.3) is 0 Å². The van der Waals surface area contributed by atoms with Gasteiger partial charge in [-0.3, -0.25) is 9.69 Å². The van der Waals surface area contributed by atoms with Crippen molar-refractivity contribution in [2.75, 3.05) is 39.4 Å². The Bertz CT molecular complexity index is 551. The molecule has 1 amide bonds. The van der Waals surface area contributed by atoms with E-state index in [2.05, 4.69) is 30.9 Å². The number of rotatable bonds is 6. The molecular formula is C19H28N2O3. The van der Waals surface area contributed by atoms with Crippen LogP contribution in [0.15, 0.2) is 24.3 Å². The van der Waals surface area contributed by atoms with Crippen LogP contribution in [-0.4, -0.2) is 67.2 Å². The first-order valence-electron chi connectivity index (χ1n) is 9.01. The molecule has 5 nitrogen and oxygen atoms in total. The van der Waals surface area contributed by atoms with Crippen LogP contribution in [-0.2, 0) is 16.0 Å². The molecule has 3 rings (SSSR count). The quantitative estimate of drug-likeness (QED) is 0.798. The van der Waals surface area contributed by atoms with E-state index < -0.39 is 0 Å². The van der Waals surface area contributed by atoms with Crippen LogP contribution in [0.2, 0.25) is 0 Å². The molecule has 0 aliphatic carbocycles. The van der Waals surface area contributed by atoms with Crippen molar-refractivity contribution in [3.63, 3.8) is 0 Å². The number of benzene rings is 1. The van der Waals surface area contributed by atoms with Crippen LogP contribution in [0.4, 0.5) is 0 Å². The molecule has 0 bridgehead atoms. The minimum Gasteiger partial charge on any atom is -0.487 e. The summed E-state index contributed by atoms with van der Waals surface area (Å²) in [6.07, 6.45) is 1.71. The molecule has 2 fully saturated rings. The monoisotopic (exact) mass is 332 g/mol. The van der Waals surface area contributed by atoms with Crippen molar-refractivity contribution in [1.29, 1.82) is 0 Å². The van der Waals surface area contributed by atoms with E-state index in [4.69, 9.17) is 9.47 Å². The van der Waals surface area contributed by atoms with Gasteiger partial charge in [0.05, 0.1) is 26.3 Å². The molecule has 2 aliphatic rings. The smallest absolute Gasteiger partial charge is 0.224 e. The topological polar surface area (TPSA) is 42.0 Å². The van der Waals surface area contributed by atoms with Crippen molar-refractivity contribution in [1.82, 2.24) is 9.80 Å². The van der Waals surface area contributed by atoms with E-state index in [1.54, 1.807) is 0 Å². The zero-order valence-corrected chi connectivity index (χ0v) is 14.7. The third kappa shape index (κ3) is 4.28. The number of hydrogen-bond acceptors (Lipinski definition) is 4. The molecular weight excluding hydrogens is 304 g/mol. The van der Waals surface area contributed by atoms with E-state index in [0.29, 0.717) is 19.5 Å². The molecule has 1 aromatic rings. The third-order valence-electron chi connectivity index (χ3n) is 4.95. The second-order valence-corrected chi connectivity index (χ2v) is 6.74. The van der Waals surface area contributed by atoms with Crippen molar-refractivity contribution in [3.05, 3.63) is 29.8 Å². The van der Waals surface area contributed by atoms with Gasteiger partial charge in [-0.25, -0.2) is 0 Å². The summed E-state index contributed by atoms with van der Waals surface area (Å²) in [6.45, 7) is 9.06. The molecule has 0 saturated carbocycles. The van der Waals surface area contributed by atoms with Crippen LogP contribution >= 0.6 is 0 Å². The van der Waals surface area contributed by atoms with Crippen molar-refractivity contribution in [3.8, 4) is 5.75 Å². The predicted molar refractivity (Wildman–Crippen MR) is 93.3 cm³/mol. The fourth-order valence-electron chi connectivity index (χ4n) is 3.28. The average molecular weight is 332 g/mol. The van der Waals surface area contributed by atoms with E-state index in [1.165, 1.54) is 5.56 Å². The first-order valence-corrected chi connectivity index (χ1v) is 9.01. The summed E-state index contributed by atoms with van der Waals surface area (Å²) >= 11 is 0. The largest absolute Gasteiger partial charge is 0.487 e. The molecule has 132 valence electrons. The Hall–Kier alpha value is -1.59. The minimum absolute atomic E-state index is 0.125. The van der Waals surface area contributed by atoms with Gasteiger partial charge < -0.3 is 14.4 Å². The summed E-state index contributed by atoms with van der Waals surface area (Å²) in [5.74, 6) is 1.14. The Morgan fingerprint density at radius 3 is 2.79 bits per heavy atom. The zero-order chi connectivity index (χ0) is 16.9. The van der Waals surface area contributed by atoms with Gasteiger partial charge in [-0.2, -0.15) is 0 Å². The van der Waals surface area contributed by atoms with E-state index in [9.17, 15) is 4.79 Å². The number of amides is 1. The Balaban J connectivity index is 1.41. The van der Waals surface area contributed by atoms with Gasteiger partial charge >= 0.3 is 0 Å². The summed E-state index contributed by atoms with van der Waals surface area (Å²) in [6, 6.07) is 8.49. The Kier molecular flexibility index (Phi) is 5.74. The van der Waals surface area contributed by atoms with Gasteiger partial charge in [-0.1, -0.05) is 19.1 Å². The minimum atomic E-state index is 0.125. The van der Waals surface area contributed by atoms with Gasteiger partial charge in [0.15, 0.2) is 0 Å². The van der Waals surface area contributed by atoms with Crippen LogP contribution in [0.3, 0.4) is 0 Å². The van der Waals surface area contributed by atoms with Crippen LogP contribution in [0.1, 0.15) is 25.8 Å². The molecule has 2 aliphatic heterocycles. The lowest BCUT2D eigenvalue weighted by atomic mass is 10.1. The first-order chi connectivity index (χ1) is 11.7. The van der Waals surface area contributed by atoms with Crippen molar-refractivity contribution >= 4 is 5.91 Å². The van der Waals surface area contributed by atoms with Crippen molar-refractivity contribution in [2.45, 2.75) is 38.8 Å². The summed E-state index contributed by atoms with van der Waals surface area (Å²) in [4.78, 5) is 16.6. The summed E-state index contributed by atoms with van der Waals surface area (Å²) in [5.41, 5.74) is 1.28. The number of morpholine rings is 1. The second kappa shape index (κ2) is 7.99. The van der Waals surface area contributed by atoms with Gasteiger partial charge in [0.1, 0.15) is 11.9 Å². The van der Waals surface area contributed by atoms with E-state index >= 15 is 0 Å². The molecule has 1 atom stereocenters. The fourth-order valence-corrected chi connectivity index (χ4v) is 3.28. The van der Waals surface area contributed by atoms with Crippen molar-refractivity contribution < 1.29 is 14.3 Å². The maximum absolute atomic E-state index is 12.4. The molecule has 0 aromatic heterocycles. The molecule has 2 heterocycles. The normalized spacial score (nSPS) is 20.5. The van der Waals surface area contributed by atoms with E-state index in [-0.39, 0.29) is 18.1 Å². The molecule has 5 heteroatoms. The zero-order valence-electron chi connectivity index (χ0n) is 14.7. The highest BCUT2D eigenvalue weighted by molar-refractivity contribution is 5.77. The Morgan fingerprint density at radius 1 is 1.33 bits per heavy atom. The van der Waals surface area contributed by atoms with Crippen LogP contribution in [0.5, 0.6) is 5.75 Å².